The Labute approximate surface area is 99.6 Å². The van der Waals surface area contributed by atoms with E-state index >= 15 is 0 Å². The fourth-order valence-corrected chi connectivity index (χ4v) is 106. The van der Waals surface area contributed by atoms with Crippen LogP contribution in [0.2, 0.25) is 46.7 Å². The number of hydrogen-bond donors (Lipinski definition) is 0. The van der Waals surface area contributed by atoms with Crippen LogP contribution in [0.1, 0.15) is 40.5 Å². The molecular formula is C17H24Fe. The van der Waals surface area contributed by atoms with Crippen molar-refractivity contribution >= 4 is 0 Å². The van der Waals surface area contributed by atoms with E-state index in [2.05, 4.69) is 27.7 Å². The van der Waals surface area contributed by atoms with Crippen LogP contribution in [0.5, 0.6) is 0 Å². The van der Waals surface area contributed by atoms with Gasteiger partial charge in [0.15, 0.2) is 0 Å². The van der Waals surface area contributed by atoms with Gasteiger partial charge in [0, 0.05) is 0 Å². The molecule has 1 spiro atoms. The second-order valence-electron chi connectivity index (χ2n) is 12.0. The molecule has 0 aliphatic carbocycles. The third-order valence-corrected chi connectivity index (χ3v) is 63.0. The Hall–Kier alpha value is 0.519. The molecule has 0 aromatic rings. The molecule has 0 radical (unpaired) electrons. The molecule has 10 aliphatic rings. The molecule has 5 atom stereocenters. The minimum absolute atomic E-state index is 1.09. The van der Waals surface area contributed by atoms with E-state index < -0.39 is 6.51 Å². The molecule has 10 rings (SSSR count). The van der Waals surface area contributed by atoms with Gasteiger partial charge in [-0.1, -0.05) is 0 Å². The van der Waals surface area contributed by atoms with Gasteiger partial charge in [-0.15, -0.1) is 0 Å². The van der Waals surface area contributed by atoms with E-state index in [-0.39, 0.29) is 0 Å². The van der Waals surface area contributed by atoms with Crippen LogP contribution in [0.25, 0.3) is 0 Å². The number of hydrogen-bond acceptors (Lipinski definition) is 0. The predicted octanol–water partition coefficient (Wildman–Crippen LogP) is 5.96. The zero-order chi connectivity index (χ0) is 11.8. The molecule has 10 aliphatic heterocycles. The van der Waals surface area contributed by atoms with Crippen molar-refractivity contribution in [1.29, 1.82) is 0 Å². The molecular weight excluding hydrogens is 260 g/mol. The molecule has 0 nitrogen and oxygen atoms in total. The summed E-state index contributed by atoms with van der Waals surface area (Å²) in [5, 5.41) is 0. The summed E-state index contributed by atoms with van der Waals surface area (Å²) in [6.45, 7) is 7.58. The van der Waals surface area contributed by atoms with Gasteiger partial charge in [-0.05, 0) is 0 Å². The fraction of sp³-hybridized carbons (Fsp3) is 1.00. The van der Waals surface area contributed by atoms with Crippen molar-refractivity contribution < 1.29 is 6.51 Å². The van der Waals surface area contributed by atoms with Crippen LogP contribution in [-0.4, -0.2) is 0 Å². The van der Waals surface area contributed by atoms with Gasteiger partial charge in [0.05, 0.1) is 0 Å². The van der Waals surface area contributed by atoms with Crippen LogP contribution in [0.3, 0.4) is 0 Å². The molecule has 10 fully saturated rings. The Morgan fingerprint density at radius 2 is 1.44 bits per heavy atom. The molecule has 0 aromatic heterocycles. The van der Waals surface area contributed by atoms with Crippen molar-refractivity contribution in [2.24, 2.45) is 5.92 Å². The summed E-state index contributed by atoms with van der Waals surface area (Å²) in [6.07, 6.45) is 3.30. The standard InChI is InChI=1S/C12H19.C5H5.Fe/c1-5-10-7-8-12(9(3)4)11(10)6-2;1-2-4-5-3-1;/h7-9H,5-6H2,1-4H3;1-5H;. The van der Waals surface area contributed by atoms with Gasteiger partial charge < -0.3 is 0 Å². The van der Waals surface area contributed by atoms with Gasteiger partial charge in [-0.2, -0.15) is 0 Å². The Morgan fingerprint density at radius 1 is 0.889 bits per heavy atom. The van der Waals surface area contributed by atoms with Gasteiger partial charge in [0.1, 0.15) is 0 Å². The van der Waals surface area contributed by atoms with E-state index in [0.29, 0.717) is 0 Å². The maximum absolute atomic E-state index is 3.03. The van der Waals surface area contributed by atoms with E-state index in [0.717, 1.165) is 18.9 Å². The van der Waals surface area contributed by atoms with Crippen LogP contribution in [0.15, 0.2) is 0 Å². The van der Waals surface area contributed by atoms with Crippen molar-refractivity contribution in [2.45, 2.75) is 87.2 Å². The number of fused-ring (bicyclic) bond motifs is 10. The molecule has 100 valence electrons. The summed E-state index contributed by atoms with van der Waals surface area (Å²) in [6, 6.07) is 0. The topological polar surface area (TPSA) is 0 Å². The SMILES string of the molecule is CC[C]12[CH]3[CH]4[C]5(C(C)C)[C]1(CC)[Fe]34251678[CH]2[CH]1[CH]6[CH]7[CH]28. The Morgan fingerprint density at radius 3 is 1.72 bits per heavy atom. The van der Waals surface area contributed by atoms with Gasteiger partial charge >= 0.3 is 99.6 Å². The van der Waals surface area contributed by atoms with Gasteiger partial charge in [0.25, 0.3) is 0 Å². The maximum atomic E-state index is 2.67. The summed E-state index contributed by atoms with van der Waals surface area (Å²) in [5.41, 5.74) is 0. The molecule has 18 heavy (non-hydrogen) atoms. The van der Waals surface area contributed by atoms with Gasteiger partial charge in [-0.3, -0.25) is 0 Å². The Bertz CT molecular complexity index is 1020. The first kappa shape index (κ1) is 7.51. The first-order valence-electron chi connectivity index (χ1n) is 8.60. The quantitative estimate of drug-likeness (QED) is 0.561. The van der Waals surface area contributed by atoms with Crippen LogP contribution in [0.4, 0.5) is 0 Å². The van der Waals surface area contributed by atoms with E-state index in [1.165, 1.54) is 33.7 Å². The van der Waals surface area contributed by atoms with E-state index in [1.807, 2.05) is 0 Å². The van der Waals surface area contributed by atoms with E-state index in [9.17, 15) is 0 Å². The second-order valence-corrected chi connectivity index (χ2v) is 35.2. The van der Waals surface area contributed by atoms with Crippen molar-refractivity contribution in [2.75, 3.05) is 0 Å². The summed E-state index contributed by atoms with van der Waals surface area (Å²) in [5.74, 6) is 1.09. The average molecular weight is 284 g/mol. The summed E-state index contributed by atoms with van der Waals surface area (Å²) < 4.78 is 3.33. The third kappa shape index (κ3) is 0.0619. The minimum atomic E-state index is -3.03. The monoisotopic (exact) mass is 284 g/mol. The molecule has 0 amide bonds. The van der Waals surface area contributed by atoms with Crippen LogP contribution in [-0.2, 0) is 6.51 Å². The molecule has 1 heteroatoms. The molecule has 0 aromatic carbocycles. The molecule has 10 heterocycles. The molecule has 5 unspecified atom stereocenters. The second kappa shape index (κ2) is 0.597. The first-order valence-corrected chi connectivity index (χ1v) is 14.7. The third-order valence-electron chi connectivity index (χ3n) is 17.6. The first-order chi connectivity index (χ1) is 8.39. The summed E-state index contributed by atoms with van der Waals surface area (Å²) >= 11 is 0. The average Bonchev–Trinajstić information content (AvgIpc) is 3.30. The fourth-order valence-electron chi connectivity index (χ4n) is 21.9. The number of rotatable bonds is 3. The molecule has 0 N–H and O–H groups in total. The van der Waals surface area contributed by atoms with Crippen molar-refractivity contribution in [3.8, 4) is 0 Å². The summed E-state index contributed by atoms with van der Waals surface area (Å²) in [4.78, 5) is 10.4. The molecule has 0 saturated carbocycles. The van der Waals surface area contributed by atoms with Crippen LogP contribution in [0, 0.1) is 5.92 Å². The van der Waals surface area contributed by atoms with Crippen molar-refractivity contribution in [1.82, 2.24) is 0 Å². The normalized spacial score (nSPS) is 122. The van der Waals surface area contributed by atoms with Crippen molar-refractivity contribution in [3.05, 3.63) is 0 Å². The summed E-state index contributed by atoms with van der Waals surface area (Å²) in [7, 11) is 0. The molecule has 0 bridgehead atoms. The van der Waals surface area contributed by atoms with Gasteiger partial charge in [0.2, 0.25) is 0 Å². The van der Waals surface area contributed by atoms with E-state index in [4.69, 9.17) is 0 Å². The zero-order valence-corrected chi connectivity index (χ0v) is 13.0. The van der Waals surface area contributed by atoms with E-state index in [1.54, 1.807) is 12.8 Å². The Kier molecular flexibility index (Phi) is 0.249. The van der Waals surface area contributed by atoms with Crippen LogP contribution < -0.4 is 0 Å². The van der Waals surface area contributed by atoms with Crippen LogP contribution >= 0.6 is 0 Å². The molecule has 10 saturated heterocycles. The zero-order valence-electron chi connectivity index (χ0n) is 11.9. The Balaban J connectivity index is 1.74. The predicted molar refractivity (Wildman–Crippen MR) is 69.7 cm³/mol. The van der Waals surface area contributed by atoms with Gasteiger partial charge in [-0.25, -0.2) is 0 Å². The van der Waals surface area contributed by atoms with Crippen molar-refractivity contribution in [3.63, 3.8) is 0 Å².